The number of amides is 2. The summed E-state index contributed by atoms with van der Waals surface area (Å²) >= 11 is 0. The van der Waals surface area contributed by atoms with Crippen LogP contribution in [0.15, 0.2) is 36.4 Å². The van der Waals surface area contributed by atoms with Crippen LogP contribution >= 0.6 is 0 Å². The number of imide groups is 1. The Kier molecular flexibility index (Phi) is 2.39. The standard InChI is InChI=1S/C17H17NO3/c1-17-11-4-3-10(9-11)14(17)15(19)18(16(17)20)12-5-7-13(21-2)8-6-12/h3-8,10-11,14H,9H2,1-2H3/t10-,11-,14-,17-/m0/s1. The Morgan fingerprint density at radius 2 is 1.90 bits per heavy atom. The number of fused-ring (bicyclic) bond motifs is 5. The second-order valence-corrected chi connectivity index (χ2v) is 6.33. The minimum Gasteiger partial charge on any atom is -0.497 e. The minimum absolute atomic E-state index is 0.0514. The number of benzene rings is 1. The van der Waals surface area contributed by atoms with Gasteiger partial charge in [-0.1, -0.05) is 12.2 Å². The van der Waals surface area contributed by atoms with E-state index >= 15 is 0 Å². The molecule has 4 rings (SSSR count). The fourth-order valence-corrected chi connectivity index (χ4v) is 4.28. The van der Waals surface area contributed by atoms with Crippen molar-refractivity contribution in [3.63, 3.8) is 0 Å². The van der Waals surface area contributed by atoms with Crippen molar-refractivity contribution in [3.05, 3.63) is 36.4 Å². The van der Waals surface area contributed by atoms with Crippen molar-refractivity contribution in [3.8, 4) is 5.75 Å². The molecule has 1 saturated carbocycles. The molecule has 2 fully saturated rings. The molecule has 2 amide bonds. The second-order valence-electron chi connectivity index (χ2n) is 6.33. The number of ether oxygens (including phenoxy) is 1. The fourth-order valence-electron chi connectivity index (χ4n) is 4.28. The van der Waals surface area contributed by atoms with Gasteiger partial charge in [-0.05, 0) is 49.4 Å². The molecule has 1 aliphatic heterocycles. The summed E-state index contributed by atoms with van der Waals surface area (Å²) in [5.74, 6) is 0.837. The van der Waals surface area contributed by atoms with E-state index in [2.05, 4.69) is 12.2 Å². The summed E-state index contributed by atoms with van der Waals surface area (Å²) in [6.45, 7) is 1.95. The Balaban J connectivity index is 1.75. The van der Waals surface area contributed by atoms with Crippen molar-refractivity contribution < 1.29 is 14.3 Å². The number of carbonyl (C=O) groups excluding carboxylic acids is 2. The third kappa shape index (κ3) is 1.40. The van der Waals surface area contributed by atoms with Gasteiger partial charge in [0.05, 0.1) is 24.1 Å². The van der Waals surface area contributed by atoms with Crippen molar-refractivity contribution in [1.29, 1.82) is 0 Å². The van der Waals surface area contributed by atoms with Crippen LogP contribution < -0.4 is 9.64 Å². The Hall–Kier alpha value is -2.10. The van der Waals surface area contributed by atoms with Crippen LogP contribution in [0.4, 0.5) is 5.69 Å². The zero-order valence-corrected chi connectivity index (χ0v) is 12.1. The van der Waals surface area contributed by atoms with E-state index in [1.165, 1.54) is 4.90 Å². The molecule has 1 heterocycles. The van der Waals surface area contributed by atoms with Gasteiger partial charge in [0.15, 0.2) is 0 Å². The van der Waals surface area contributed by atoms with Crippen LogP contribution in [0, 0.1) is 23.2 Å². The molecule has 108 valence electrons. The number of allylic oxidation sites excluding steroid dienone is 2. The van der Waals surface area contributed by atoms with Gasteiger partial charge in [0, 0.05) is 0 Å². The van der Waals surface area contributed by atoms with E-state index in [0.717, 1.165) is 6.42 Å². The molecule has 0 spiro atoms. The van der Waals surface area contributed by atoms with Gasteiger partial charge < -0.3 is 4.74 Å². The van der Waals surface area contributed by atoms with Crippen LogP contribution in [0.25, 0.3) is 0 Å². The summed E-state index contributed by atoms with van der Waals surface area (Å²) in [5, 5.41) is 0. The maximum atomic E-state index is 12.9. The molecule has 1 saturated heterocycles. The molecule has 4 atom stereocenters. The average Bonchev–Trinajstić information content (AvgIpc) is 3.12. The normalized spacial score (nSPS) is 36.5. The van der Waals surface area contributed by atoms with Gasteiger partial charge in [0.25, 0.3) is 0 Å². The molecule has 3 aliphatic rings. The maximum absolute atomic E-state index is 12.9. The van der Waals surface area contributed by atoms with Crippen LogP contribution in [-0.2, 0) is 9.59 Å². The van der Waals surface area contributed by atoms with Crippen molar-refractivity contribution >= 4 is 17.5 Å². The lowest BCUT2D eigenvalue weighted by atomic mass is 9.71. The highest BCUT2D eigenvalue weighted by Crippen LogP contribution is 2.60. The van der Waals surface area contributed by atoms with Crippen molar-refractivity contribution in [2.45, 2.75) is 13.3 Å². The molecule has 4 nitrogen and oxygen atoms in total. The fraction of sp³-hybridized carbons (Fsp3) is 0.412. The zero-order chi connectivity index (χ0) is 14.8. The molecular weight excluding hydrogens is 266 g/mol. The Bertz CT molecular complexity index is 663. The van der Waals surface area contributed by atoms with Gasteiger partial charge in [-0.25, -0.2) is 4.90 Å². The molecule has 1 aromatic carbocycles. The lowest BCUT2D eigenvalue weighted by molar-refractivity contribution is -0.127. The topological polar surface area (TPSA) is 46.6 Å². The first-order valence-corrected chi connectivity index (χ1v) is 7.28. The van der Waals surface area contributed by atoms with Gasteiger partial charge >= 0.3 is 0 Å². The van der Waals surface area contributed by atoms with Gasteiger partial charge in [0.2, 0.25) is 11.8 Å². The van der Waals surface area contributed by atoms with E-state index in [9.17, 15) is 9.59 Å². The predicted molar refractivity (Wildman–Crippen MR) is 77.8 cm³/mol. The molecule has 21 heavy (non-hydrogen) atoms. The molecule has 1 aromatic rings. The largest absolute Gasteiger partial charge is 0.497 e. The highest BCUT2D eigenvalue weighted by molar-refractivity contribution is 6.24. The summed E-state index contributed by atoms with van der Waals surface area (Å²) in [7, 11) is 1.59. The first kappa shape index (κ1) is 12.6. The van der Waals surface area contributed by atoms with E-state index in [1.807, 2.05) is 6.92 Å². The molecule has 0 N–H and O–H groups in total. The summed E-state index contributed by atoms with van der Waals surface area (Å²) in [4.78, 5) is 27.1. The lowest BCUT2D eigenvalue weighted by Gasteiger charge is -2.28. The van der Waals surface area contributed by atoms with Gasteiger partial charge in [-0.15, -0.1) is 0 Å². The van der Waals surface area contributed by atoms with E-state index < -0.39 is 5.41 Å². The van der Waals surface area contributed by atoms with Crippen molar-refractivity contribution in [2.24, 2.45) is 23.2 Å². The highest BCUT2D eigenvalue weighted by atomic mass is 16.5. The quantitative estimate of drug-likeness (QED) is 0.618. The second kappa shape index (κ2) is 3.97. The zero-order valence-electron chi connectivity index (χ0n) is 12.1. The van der Waals surface area contributed by atoms with Crippen LogP contribution in [0.1, 0.15) is 13.3 Å². The summed E-state index contributed by atoms with van der Waals surface area (Å²) in [6, 6.07) is 7.10. The molecule has 0 aromatic heterocycles. The molecule has 0 radical (unpaired) electrons. The van der Waals surface area contributed by atoms with Crippen LogP contribution in [0.2, 0.25) is 0 Å². The summed E-state index contributed by atoms with van der Waals surface area (Å²) in [6.07, 6.45) is 5.17. The number of nitrogens with zero attached hydrogens (tertiary/aromatic N) is 1. The molecule has 4 heteroatoms. The third-order valence-electron chi connectivity index (χ3n) is 5.44. The SMILES string of the molecule is COc1ccc(N2C(=O)[C@@H]3[C@H]4C=C[C@@H](C4)[C@]3(C)C2=O)cc1. The smallest absolute Gasteiger partial charge is 0.241 e. The predicted octanol–water partition coefficient (Wildman–Crippen LogP) is 2.40. The van der Waals surface area contributed by atoms with E-state index in [1.54, 1.807) is 31.4 Å². The summed E-state index contributed by atoms with van der Waals surface area (Å²) in [5.41, 5.74) is 0.0806. The van der Waals surface area contributed by atoms with Crippen LogP contribution in [0.5, 0.6) is 5.75 Å². The Labute approximate surface area is 123 Å². The van der Waals surface area contributed by atoms with Crippen molar-refractivity contribution in [2.75, 3.05) is 12.0 Å². The molecule has 2 bridgehead atoms. The summed E-state index contributed by atoms with van der Waals surface area (Å²) < 4.78 is 5.13. The van der Waals surface area contributed by atoms with E-state index in [4.69, 9.17) is 4.74 Å². The maximum Gasteiger partial charge on any atom is 0.241 e. The van der Waals surface area contributed by atoms with Gasteiger partial charge in [-0.2, -0.15) is 0 Å². The van der Waals surface area contributed by atoms with Gasteiger partial charge in [0.1, 0.15) is 5.75 Å². The van der Waals surface area contributed by atoms with Crippen LogP contribution in [0.3, 0.4) is 0 Å². The van der Waals surface area contributed by atoms with Gasteiger partial charge in [-0.3, -0.25) is 9.59 Å². The first-order valence-electron chi connectivity index (χ1n) is 7.28. The molecule has 0 unspecified atom stereocenters. The average molecular weight is 283 g/mol. The van der Waals surface area contributed by atoms with E-state index in [-0.39, 0.29) is 29.6 Å². The highest BCUT2D eigenvalue weighted by Gasteiger charge is 2.67. The number of hydrogen-bond acceptors (Lipinski definition) is 3. The minimum atomic E-state index is -0.559. The lowest BCUT2D eigenvalue weighted by Crippen LogP contribution is -2.37. The number of anilines is 1. The number of methoxy groups -OCH3 is 1. The Morgan fingerprint density at radius 3 is 2.52 bits per heavy atom. The molecule has 2 aliphatic carbocycles. The van der Waals surface area contributed by atoms with Crippen molar-refractivity contribution in [1.82, 2.24) is 0 Å². The number of carbonyl (C=O) groups is 2. The van der Waals surface area contributed by atoms with Crippen LogP contribution in [-0.4, -0.2) is 18.9 Å². The first-order chi connectivity index (χ1) is 10.1. The van der Waals surface area contributed by atoms with E-state index in [0.29, 0.717) is 11.4 Å². The molecular formula is C17H17NO3. The Morgan fingerprint density at radius 1 is 1.19 bits per heavy atom. The number of hydrogen-bond donors (Lipinski definition) is 0. The third-order valence-corrected chi connectivity index (χ3v) is 5.44. The number of rotatable bonds is 2. The monoisotopic (exact) mass is 283 g/mol.